The van der Waals surface area contributed by atoms with Gasteiger partial charge in [0.15, 0.2) is 0 Å². The van der Waals surface area contributed by atoms with Crippen molar-refractivity contribution < 1.29 is 13.9 Å². The Labute approximate surface area is 189 Å². The van der Waals surface area contributed by atoms with Gasteiger partial charge in [0.25, 0.3) is 5.91 Å². The minimum atomic E-state index is -0.338. The highest BCUT2D eigenvalue weighted by Gasteiger charge is 2.30. The number of hydrogen-bond donors (Lipinski definition) is 0. The molecule has 1 saturated heterocycles. The molecule has 1 aliphatic heterocycles. The first-order valence-corrected chi connectivity index (χ1v) is 11.0. The zero-order chi connectivity index (χ0) is 22.5. The van der Waals surface area contributed by atoms with Crippen LogP contribution in [0, 0.1) is 12.7 Å². The van der Waals surface area contributed by atoms with E-state index in [1.165, 1.54) is 17.7 Å². The van der Waals surface area contributed by atoms with E-state index in [0.29, 0.717) is 5.56 Å². The molecule has 3 aromatic carbocycles. The Bertz CT molecular complexity index is 1020. The quantitative estimate of drug-likeness (QED) is 0.519. The summed E-state index contributed by atoms with van der Waals surface area (Å²) in [5.74, 6) is 0.443. The lowest BCUT2D eigenvalue weighted by molar-refractivity contribution is 0.0958. The van der Waals surface area contributed by atoms with Gasteiger partial charge in [0.05, 0.1) is 7.11 Å². The highest BCUT2D eigenvalue weighted by Crippen LogP contribution is 2.27. The first kappa shape index (κ1) is 22.0. The number of piperidine rings is 1. The number of carbonyl (C=O) groups is 1. The van der Waals surface area contributed by atoms with E-state index in [1.807, 2.05) is 48.2 Å². The van der Waals surface area contributed by atoms with Gasteiger partial charge in [0.1, 0.15) is 11.6 Å². The van der Waals surface area contributed by atoms with Crippen LogP contribution in [0.1, 0.15) is 34.3 Å². The normalized spacial score (nSPS) is 14.8. The Kier molecular flexibility index (Phi) is 6.86. The highest BCUT2D eigenvalue weighted by molar-refractivity contribution is 6.06. The number of anilines is 1. The summed E-state index contributed by atoms with van der Waals surface area (Å²) in [6.45, 7) is 4.74. The standard InChI is InChI=1S/C27H29FN2O2/c1-20-3-11-24(12-4-20)30(27(31)22-7-9-23(28)10-8-22)25-15-17-29(18-16-25)19-21-5-13-26(32-2)14-6-21/h3-14,25H,15-19H2,1-2H3. The molecule has 3 aromatic rings. The van der Waals surface area contributed by atoms with Gasteiger partial charge in [-0.05, 0) is 73.9 Å². The maximum absolute atomic E-state index is 13.5. The van der Waals surface area contributed by atoms with Gasteiger partial charge < -0.3 is 9.64 Å². The number of carbonyl (C=O) groups excluding carboxylic acids is 1. The fourth-order valence-corrected chi connectivity index (χ4v) is 4.26. The van der Waals surface area contributed by atoms with E-state index in [4.69, 9.17) is 4.74 Å². The Hall–Kier alpha value is -3.18. The maximum atomic E-state index is 13.5. The van der Waals surface area contributed by atoms with Gasteiger partial charge in [-0.3, -0.25) is 9.69 Å². The second kappa shape index (κ2) is 9.96. The lowest BCUT2D eigenvalue weighted by Crippen LogP contribution is -2.47. The third-order valence-electron chi connectivity index (χ3n) is 6.11. The minimum absolute atomic E-state index is 0.0811. The number of nitrogens with zero attached hydrogens (tertiary/aromatic N) is 2. The molecule has 0 N–H and O–H groups in total. The number of hydrogen-bond acceptors (Lipinski definition) is 3. The smallest absolute Gasteiger partial charge is 0.258 e. The van der Waals surface area contributed by atoms with Crippen LogP contribution >= 0.6 is 0 Å². The maximum Gasteiger partial charge on any atom is 0.258 e. The van der Waals surface area contributed by atoms with E-state index in [-0.39, 0.29) is 17.8 Å². The van der Waals surface area contributed by atoms with Gasteiger partial charge >= 0.3 is 0 Å². The van der Waals surface area contributed by atoms with Gasteiger partial charge in [-0.15, -0.1) is 0 Å². The van der Waals surface area contributed by atoms with Crippen LogP contribution < -0.4 is 9.64 Å². The van der Waals surface area contributed by atoms with Crippen LogP contribution in [0.2, 0.25) is 0 Å². The first-order valence-electron chi connectivity index (χ1n) is 11.0. The van der Waals surface area contributed by atoms with E-state index in [9.17, 15) is 9.18 Å². The van der Waals surface area contributed by atoms with Gasteiger partial charge in [0.2, 0.25) is 0 Å². The number of methoxy groups -OCH3 is 1. The number of rotatable bonds is 6. The topological polar surface area (TPSA) is 32.8 Å². The number of likely N-dealkylation sites (tertiary alicyclic amines) is 1. The summed E-state index contributed by atoms with van der Waals surface area (Å²) in [4.78, 5) is 17.8. The predicted molar refractivity (Wildman–Crippen MR) is 126 cm³/mol. The van der Waals surface area contributed by atoms with Gasteiger partial charge in [-0.2, -0.15) is 0 Å². The third kappa shape index (κ3) is 5.17. The molecule has 0 saturated carbocycles. The average Bonchev–Trinajstić information content (AvgIpc) is 2.82. The molecule has 0 bridgehead atoms. The first-order chi connectivity index (χ1) is 15.5. The molecule has 1 fully saturated rings. The molecule has 1 aliphatic rings. The van der Waals surface area contributed by atoms with Crippen LogP contribution in [-0.4, -0.2) is 37.0 Å². The Morgan fingerprint density at radius 3 is 2.19 bits per heavy atom. The second-order valence-electron chi connectivity index (χ2n) is 8.37. The minimum Gasteiger partial charge on any atom is -0.497 e. The highest BCUT2D eigenvalue weighted by atomic mass is 19.1. The largest absolute Gasteiger partial charge is 0.497 e. The molecule has 0 atom stereocenters. The molecular weight excluding hydrogens is 403 g/mol. The number of aryl methyl sites for hydroxylation is 1. The van der Waals surface area contributed by atoms with E-state index in [1.54, 1.807) is 19.2 Å². The summed E-state index contributed by atoms with van der Waals surface area (Å²) < 4.78 is 18.6. The zero-order valence-electron chi connectivity index (χ0n) is 18.6. The van der Waals surface area contributed by atoms with E-state index in [2.05, 4.69) is 17.0 Å². The van der Waals surface area contributed by atoms with Crippen molar-refractivity contribution in [2.24, 2.45) is 0 Å². The molecule has 1 amide bonds. The van der Waals surface area contributed by atoms with Crippen molar-refractivity contribution in [3.63, 3.8) is 0 Å². The molecule has 0 unspecified atom stereocenters. The van der Waals surface area contributed by atoms with Gasteiger partial charge in [-0.25, -0.2) is 4.39 Å². The van der Waals surface area contributed by atoms with Crippen molar-refractivity contribution in [3.05, 3.63) is 95.3 Å². The van der Waals surface area contributed by atoms with E-state index >= 15 is 0 Å². The van der Waals surface area contributed by atoms with Crippen LogP contribution in [-0.2, 0) is 6.54 Å². The molecule has 0 spiro atoms. The predicted octanol–water partition coefficient (Wildman–Crippen LogP) is 5.45. The molecule has 4 nitrogen and oxygen atoms in total. The van der Waals surface area contributed by atoms with Crippen molar-refractivity contribution >= 4 is 11.6 Å². The van der Waals surface area contributed by atoms with Gasteiger partial charge in [-0.1, -0.05) is 29.8 Å². The van der Waals surface area contributed by atoms with E-state index in [0.717, 1.165) is 49.5 Å². The van der Waals surface area contributed by atoms with Crippen molar-refractivity contribution in [2.45, 2.75) is 32.4 Å². The van der Waals surface area contributed by atoms with Crippen LogP contribution in [0.25, 0.3) is 0 Å². The summed E-state index contributed by atoms with van der Waals surface area (Å²) >= 11 is 0. The molecule has 0 aliphatic carbocycles. The molecule has 1 heterocycles. The number of ether oxygens (including phenoxy) is 1. The summed E-state index contributed by atoms with van der Waals surface area (Å²) in [7, 11) is 1.67. The van der Waals surface area contributed by atoms with Crippen LogP contribution in [0.4, 0.5) is 10.1 Å². The van der Waals surface area contributed by atoms with Crippen molar-refractivity contribution in [3.8, 4) is 5.75 Å². The Morgan fingerprint density at radius 1 is 0.969 bits per heavy atom. The Balaban J connectivity index is 1.48. The SMILES string of the molecule is COc1ccc(CN2CCC(N(C(=O)c3ccc(F)cc3)c3ccc(C)cc3)CC2)cc1. The number of halogens is 1. The third-order valence-corrected chi connectivity index (χ3v) is 6.11. The molecule has 0 radical (unpaired) electrons. The van der Waals surface area contributed by atoms with Crippen molar-refractivity contribution in [2.75, 3.05) is 25.1 Å². The van der Waals surface area contributed by atoms with Crippen molar-refractivity contribution in [1.82, 2.24) is 4.90 Å². The Morgan fingerprint density at radius 2 is 1.59 bits per heavy atom. The molecule has 166 valence electrons. The molecule has 32 heavy (non-hydrogen) atoms. The van der Waals surface area contributed by atoms with Crippen LogP contribution in [0.3, 0.4) is 0 Å². The summed E-state index contributed by atoms with van der Waals surface area (Å²) in [5.41, 5.74) is 3.80. The molecule has 0 aromatic heterocycles. The van der Waals surface area contributed by atoms with Crippen LogP contribution in [0.15, 0.2) is 72.8 Å². The average molecular weight is 433 g/mol. The second-order valence-corrected chi connectivity index (χ2v) is 8.37. The molecular formula is C27H29FN2O2. The number of amides is 1. The monoisotopic (exact) mass is 432 g/mol. The number of benzene rings is 3. The summed E-state index contributed by atoms with van der Waals surface area (Å²) in [5, 5.41) is 0. The lowest BCUT2D eigenvalue weighted by Gasteiger charge is -2.38. The summed E-state index contributed by atoms with van der Waals surface area (Å²) in [6.07, 6.45) is 1.77. The fraction of sp³-hybridized carbons (Fsp3) is 0.296. The fourth-order valence-electron chi connectivity index (χ4n) is 4.26. The van der Waals surface area contributed by atoms with E-state index < -0.39 is 0 Å². The van der Waals surface area contributed by atoms with Crippen LogP contribution in [0.5, 0.6) is 5.75 Å². The molecule has 5 heteroatoms. The zero-order valence-corrected chi connectivity index (χ0v) is 18.6. The van der Waals surface area contributed by atoms with Crippen molar-refractivity contribution in [1.29, 1.82) is 0 Å². The van der Waals surface area contributed by atoms with Gasteiger partial charge in [0, 0.05) is 36.9 Å². The summed E-state index contributed by atoms with van der Waals surface area (Å²) in [6, 6.07) is 22.2. The lowest BCUT2D eigenvalue weighted by atomic mass is 10.00. The molecule has 4 rings (SSSR count).